The molecule has 5 nitrogen and oxygen atoms in total. The molecule has 1 saturated carbocycles. The zero-order valence-corrected chi connectivity index (χ0v) is 17.7. The van der Waals surface area contributed by atoms with Crippen LogP contribution in [0.3, 0.4) is 0 Å². The first kappa shape index (κ1) is 22.4. The number of halogens is 3. The predicted molar refractivity (Wildman–Crippen MR) is 110 cm³/mol. The van der Waals surface area contributed by atoms with Gasteiger partial charge in [0.15, 0.2) is 0 Å². The molecule has 1 aromatic carbocycles. The van der Waals surface area contributed by atoms with Gasteiger partial charge in [0.25, 0.3) is 5.91 Å². The van der Waals surface area contributed by atoms with Gasteiger partial charge in [-0.2, -0.15) is 13.2 Å². The lowest BCUT2D eigenvalue weighted by Crippen LogP contribution is -2.40. The number of aliphatic hydroxyl groups excluding tert-OH is 1. The quantitative estimate of drug-likeness (QED) is 0.704. The minimum Gasteiger partial charge on any atom is -0.494 e. The van der Waals surface area contributed by atoms with E-state index >= 15 is 0 Å². The molecular weight excluding hydrogens is 409 g/mol. The van der Waals surface area contributed by atoms with Crippen molar-refractivity contribution in [3.8, 4) is 5.75 Å². The number of hydrogen-bond acceptors (Lipinski definition) is 4. The van der Waals surface area contributed by atoms with Gasteiger partial charge in [-0.15, -0.1) is 0 Å². The van der Waals surface area contributed by atoms with Gasteiger partial charge in [-0.05, 0) is 87.2 Å². The molecule has 2 saturated heterocycles. The molecule has 2 heterocycles. The van der Waals surface area contributed by atoms with Crippen LogP contribution in [-0.2, 0) is 0 Å². The lowest BCUT2D eigenvalue weighted by atomic mass is 9.90. The second-order valence-corrected chi connectivity index (χ2v) is 9.24. The number of aliphatic hydroxyl groups is 1. The van der Waals surface area contributed by atoms with Crippen LogP contribution in [0.1, 0.15) is 42.5 Å². The van der Waals surface area contributed by atoms with Crippen LogP contribution < -0.4 is 4.74 Å². The molecule has 8 heteroatoms. The summed E-state index contributed by atoms with van der Waals surface area (Å²) in [5, 5.41) is 9.58. The molecule has 3 aliphatic rings. The van der Waals surface area contributed by atoms with E-state index in [1.807, 2.05) is 0 Å². The summed E-state index contributed by atoms with van der Waals surface area (Å²) < 4.78 is 43.4. The second kappa shape index (κ2) is 9.36. The van der Waals surface area contributed by atoms with Crippen LogP contribution in [0.15, 0.2) is 24.3 Å². The maximum atomic E-state index is 12.5. The monoisotopic (exact) mass is 440 g/mol. The maximum absolute atomic E-state index is 12.5. The molecule has 1 N–H and O–H groups in total. The highest BCUT2D eigenvalue weighted by Crippen LogP contribution is 2.49. The summed E-state index contributed by atoms with van der Waals surface area (Å²) in [6, 6.07) is 7.13. The molecule has 2 aliphatic heterocycles. The summed E-state index contributed by atoms with van der Waals surface area (Å²) in [6.07, 6.45) is -0.0629. The van der Waals surface area contributed by atoms with E-state index in [0.717, 1.165) is 31.4 Å². The molecule has 0 bridgehead atoms. The largest absolute Gasteiger partial charge is 0.494 e. The van der Waals surface area contributed by atoms with Gasteiger partial charge >= 0.3 is 6.18 Å². The number of alkyl halides is 3. The Hall–Kier alpha value is -1.80. The fraction of sp³-hybridized carbons (Fsp3) is 0.696. The van der Waals surface area contributed by atoms with Crippen LogP contribution >= 0.6 is 0 Å². The molecule has 4 rings (SSSR count). The predicted octanol–water partition coefficient (Wildman–Crippen LogP) is 3.57. The highest BCUT2D eigenvalue weighted by Gasteiger charge is 2.44. The second-order valence-electron chi connectivity index (χ2n) is 9.24. The Labute approximate surface area is 181 Å². The number of carbonyl (C=O) groups excluding carboxylic acids is 1. The highest BCUT2D eigenvalue weighted by atomic mass is 19.4. The van der Waals surface area contributed by atoms with Crippen molar-refractivity contribution in [2.45, 2.75) is 44.4 Å². The van der Waals surface area contributed by atoms with E-state index in [0.29, 0.717) is 62.5 Å². The zero-order chi connectivity index (χ0) is 22.0. The third kappa shape index (κ3) is 6.13. The average Bonchev–Trinajstić information content (AvgIpc) is 3.37. The van der Waals surface area contributed by atoms with E-state index < -0.39 is 18.8 Å². The molecule has 1 aromatic rings. The smallest absolute Gasteiger partial charge is 0.401 e. The van der Waals surface area contributed by atoms with Crippen LogP contribution in [0.2, 0.25) is 0 Å². The number of amides is 1. The Morgan fingerprint density at radius 3 is 2.42 bits per heavy atom. The first-order chi connectivity index (χ1) is 14.8. The maximum Gasteiger partial charge on any atom is 0.401 e. The number of nitrogens with zero attached hydrogens (tertiary/aromatic N) is 2. The van der Waals surface area contributed by atoms with Crippen molar-refractivity contribution in [3.05, 3.63) is 29.8 Å². The van der Waals surface area contributed by atoms with Gasteiger partial charge in [0.1, 0.15) is 5.75 Å². The van der Waals surface area contributed by atoms with E-state index in [9.17, 15) is 23.1 Å². The van der Waals surface area contributed by atoms with Gasteiger partial charge in [-0.25, -0.2) is 0 Å². The Morgan fingerprint density at radius 2 is 1.81 bits per heavy atom. The molecule has 3 atom stereocenters. The van der Waals surface area contributed by atoms with Gasteiger partial charge < -0.3 is 14.7 Å². The summed E-state index contributed by atoms with van der Waals surface area (Å²) in [6.45, 7) is 1.89. The lowest BCUT2D eigenvalue weighted by molar-refractivity contribution is -0.148. The molecule has 31 heavy (non-hydrogen) atoms. The molecule has 172 valence electrons. The summed E-state index contributed by atoms with van der Waals surface area (Å²) in [5.41, 5.74) is 0.598. The third-order valence-electron chi connectivity index (χ3n) is 6.93. The molecular formula is C23H31F3N2O3. The van der Waals surface area contributed by atoms with Crippen LogP contribution in [0.4, 0.5) is 13.2 Å². The van der Waals surface area contributed by atoms with Crippen molar-refractivity contribution in [3.63, 3.8) is 0 Å². The first-order valence-corrected chi connectivity index (χ1v) is 11.3. The lowest BCUT2D eigenvalue weighted by Gasteiger charge is -2.32. The molecule has 3 fully saturated rings. The van der Waals surface area contributed by atoms with E-state index in [-0.39, 0.29) is 5.91 Å². The topological polar surface area (TPSA) is 53.0 Å². The third-order valence-corrected chi connectivity index (χ3v) is 6.93. The van der Waals surface area contributed by atoms with E-state index in [1.54, 1.807) is 29.2 Å². The molecule has 1 unspecified atom stereocenters. The number of β-amino-alcohol motifs (C(OH)–C–C–N with tert-alkyl or cyclic N) is 1. The van der Waals surface area contributed by atoms with Crippen molar-refractivity contribution in [1.82, 2.24) is 9.80 Å². The van der Waals surface area contributed by atoms with E-state index in [4.69, 9.17) is 4.74 Å². The number of piperidine rings is 1. The fourth-order valence-corrected chi connectivity index (χ4v) is 5.10. The van der Waals surface area contributed by atoms with E-state index in [2.05, 4.69) is 0 Å². The SMILES string of the molecule is O=C(c1ccc(OCC[C@@H]2C[C@@H]2C2CCN(CC(F)(F)F)CC2)cc1)N1CCC(O)C1. The van der Waals surface area contributed by atoms with Crippen molar-refractivity contribution >= 4 is 5.91 Å². The Morgan fingerprint density at radius 1 is 1.10 bits per heavy atom. The Bertz CT molecular complexity index is 747. The van der Waals surface area contributed by atoms with Gasteiger partial charge in [0.2, 0.25) is 0 Å². The van der Waals surface area contributed by atoms with Crippen LogP contribution in [0.5, 0.6) is 5.75 Å². The standard InChI is InChI=1S/C23H31F3N2O3/c24-23(25,26)15-27-9-5-16(6-10-27)21-13-18(21)8-12-31-20-3-1-17(2-4-20)22(30)28-11-7-19(29)14-28/h1-4,16,18-19,21,29H,5-15H2/t18-,19?,21-/m1/s1. The van der Waals surface area contributed by atoms with Crippen molar-refractivity contribution in [2.75, 3.05) is 39.3 Å². The van der Waals surface area contributed by atoms with Crippen molar-refractivity contribution in [1.29, 1.82) is 0 Å². The number of likely N-dealkylation sites (tertiary alicyclic amines) is 2. The summed E-state index contributed by atoms with van der Waals surface area (Å²) in [7, 11) is 0. The summed E-state index contributed by atoms with van der Waals surface area (Å²) in [5.74, 6) is 2.46. The summed E-state index contributed by atoms with van der Waals surface area (Å²) in [4.78, 5) is 15.6. The van der Waals surface area contributed by atoms with E-state index in [1.165, 1.54) is 4.90 Å². The number of hydrogen-bond donors (Lipinski definition) is 1. The molecule has 1 aliphatic carbocycles. The summed E-state index contributed by atoms with van der Waals surface area (Å²) >= 11 is 0. The Balaban J connectivity index is 1.14. The first-order valence-electron chi connectivity index (χ1n) is 11.3. The van der Waals surface area contributed by atoms with Gasteiger partial charge in [-0.3, -0.25) is 9.69 Å². The zero-order valence-electron chi connectivity index (χ0n) is 17.7. The van der Waals surface area contributed by atoms with Crippen molar-refractivity contribution in [2.24, 2.45) is 17.8 Å². The van der Waals surface area contributed by atoms with Crippen LogP contribution in [-0.4, -0.2) is 72.4 Å². The number of ether oxygens (including phenoxy) is 1. The van der Waals surface area contributed by atoms with Gasteiger partial charge in [0, 0.05) is 18.7 Å². The number of carbonyl (C=O) groups is 1. The Kier molecular flexibility index (Phi) is 6.77. The minimum absolute atomic E-state index is 0.0646. The van der Waals surface area contributed by atoms with Crippen LogP contribution in [0, 0.1) is 17.8 Å². The van der Waals surface area contributed by atoms with Gasteiger partial charge in [-0.1, -0.05) is 0 Å². The molecule has 0 aromatic heterocycles. The average molecular weight is 441 g/mol. The molecule has 1 amide bonds. The normalized spacial score (nSPS) is 27.5. The number of benzene rings is 1. The van der Waals surface area contributed by atoms with Crippen molar-refractivity contribution < 1.29 is 27.8 Å². The minimum atomic E-state index is -4.10. The number of rotatable bonds is 7. The van der Waals surface area contributed by atoms with Gasteiger partial charge in [0.05, 0.1) is 19.3 Å². The fourth-order valence-electron chi connectivity index (χ4n) is 5.10. The van der Waals surface area contributed by atoms with Crippen LogP contribution in [0.25, 0.3) is 0 Å². The molecule has 0 radical (unpaired) electrons. The molecule has 0 spiro atoms. The highest BCUT2D eigenvalue weighted by molar-refractivity contribution is 5.94.